The van der Waals surface area contributed by atoms with E-state index in [0.29, 0.717) is 6.54 Å². The number of hydrogen-bond acceptors (Lipinski definition) is 3. The fourth-order valence-electron chi connectivity index (χ4n) is 1.34. The monoisotopic (exact) mass is 215 g/mol. The maximum Gasteiger partial charge on any atom is 0.328 e. The number of carboxylic acid groups (broad SMARTS) is 1. The Bertz CT molecular complexity index is 204. The first-order valence-electron chi connectivity index (χ1n) is 5.62. The lowest BCUT2D eigenvalue weighted by atomic mass is 10.1. The zero-order valence-corrected chi connectivity index (χ0v) is 9.58. The van der Waals surface area contributed by atoms with E-state index in [1.54, 1.807) is 6.92 Å². The summed E-state index contributed by atoms with van der Waals surface area (Å²) >= 11 is 0. The van der Waals surface area contributed by atoms with Gasteiger partial charge in [0.15, 0.2) is 11.8 Å². The molecule has 15 heavy (non-hydrogen) atoms. The fraction of sp³-hybridized carbons (Fsp3) is 0.818. The number of Topliss-reactive ketones (excluding diaryl/α,β-unsaturated/α-hetero) is 1. The van der Waals surface area contributed by atoms with Gasteiger partial charge in [0.1, 0.15) is 0 Å². The number of unbranched alkanes of at least 4 members (excludes halogenated alkanes) is 3. The summed E-state index contributed by atoms with van der Waals surface area (Å²) in [4.78, 5) is 22.0. The van der Waals surface area contributed by atoms with Gasteiger partial charge < -0.3 is 5.11 Å². The Balaban J connectivity index is 3.77. The molecule has 0 amide bonds. The van der Waals surface area contributed by atoms with Crippen molar-refractivity contribution in [3.05, 3.63) is 0 Å². The van der Waals surface area contributed by atoms with Crippen molar-refractivity contribution in [2.75, 3.05) is 6.54 Å². The molecule has 88 valence electrons. The van der Waals surface area contributed by atoms with Crippen molar-refractivity contribution in [2.24, 2.45) is 0 Å². The molecule has 1 unspecified atom stereocenters. The van der Waals surface area contributed by atoms with Crippen LogP contribution in [-0.2, 0) is 9.59 Å². The molecule has 0 aliphatic heterocycles. The lowest BCUT2D eigenvalue weighted by Gasteiger charge is -2.11. The normalized spacial score (nSPS) is 12.4. The Morgan fingerprint density at radius 2 is 1.87 bits per heavy atom. The Labute approximate surface area is 91.1 Å². The van der Waals surface area contributed by atoms with E-state index in [2.05, 4.69) is 12.2 Å². The first-order chi connectivity index (χ1) is 7.13. The second kappa shape index (κ2) is 8.41. The van der Waals surface area contributed by atoms with E-state index in [4.69, 9.17) is 5.11 Å². The number of carboxylic acids is 1. The maximum atomic E-state index is 11.2. The van der Waals surface area contributed by atoms with E-state index in [1.165, 1.54) is 0 Å². The van der Waals surface area contributed by atoms with Gasteiger partial charge in [0.2, 0.25) is 0 Å². The predicted octanol–water partition coefficient (Wildman–Crippen LogP) is 1.59. The molecule has 0 aliphatic carbocycles. The molecule has 1 atom stereocenters. The Kier molecular flexibility index (Phi) is 7.91. The number of aliphatic carboxylic acids is 1. The molecular weight excluding hydrogens is 194 g/mol. The van der Waals surface area contributed by atoms with Crippen LogP contribution in [0, 0.1) is 0 Å². The molecule has 4 nitrogen and oxygen atoms in total. The first-order valence-corrected chi connectivity index (χ1v) is 5.62. The van der Waals surface area contributed by atoms with Crippen molar-refractivity contribution in [1.29, 1.82) is 0 Å². The third-order valence-electron chi connectivity index (χ3n) is 2.30. The highest BCUT2D eigenvalue weighted by Gasteiger charge is 2.23. The minimum absolute atomic E-state index is 0.252. The molecule has 0 radical (unpaired) electrons. The SMILES string of the molecule is CCCCCCNC(C(=O)O)C(=O)CC. The van der Waals surface area contributed by atoms with Crippen molar-refractivity contribution >= 4 is 11.8 Å². The number of nitrogens with one attached hydrogen (secondary N) is 1. The van der Waals surface area contributed by atoms with Crippen molar-refractivity contribution in [3.63, 3.8) is 0 Å². The van der Waals surface area contributed by atoms with Gasteiger partial charge in [0, 0.05) is 6.42 Å². The van der Waals surface area contributed by atoms with Gasteiger partial charge >= 0.3 is 5.97 Å². The third kappa shape index (κ3) is 6.23. The van der Waals surface area contributed by atoms with Crippen molar-refractivity contribution in [1.82, 2.24) is 5.32 Å². The second-order valence-electron chi connectivity index (χ2n) is 3.61. The molecule has 2 N–H and O–H groups in total. The smallest absolute Gasteiger partial charge is 0.328 e. The van der Waals surface area contributed by atoms with Crippen LogP contribution in [0.25, 0.3) is 0 Å². The molecule has 0 aliphatic rings. The topological polar surface area (TPSA) is 66.4 Å². The second-order valence-corrected chi connectivity index (χ2v) is 3.61. The summed E-state index contributed by atoms with van der Waals surface area (Å²) in [5.74, 6) is -1.32. The molecule has 0 saturated heterocycles. The number of rotatable bonds is 9. The van der Waals surface area contributed by atoms with Crippen LogP contribution in [-0.4, -0.2) is 29.4 Å². The molecule has 4 heteroatoms. The fourth-order valence-corrected chi connectivity index (χ4v) is 1.34. The summed E-state index contributed by atoms with van der Waals surface area (Å²) in [5, 5.41) is 11.6. The van der Waals surface area contributed by atoms with Crippen LogP contribution in [0.15, 0.2) is 0 Å². The zero-order valence-electron chi connectivity index (χ0n) is 9.58. The van der Waals surface area contributed by atoms with Gasteiger partial charge in [0.25, 0.3) is 0 Å². The first kappa shape index (κ1) is 14.1. The van der Waals surface area contributed by atoms with Crippen LogP contribution in [0.5, 0.6) is 0 Å². The average molecular weight is 215 g/mol. The van der Waals surface area contributed by atoms with Crippen LogP contribution >= 0.6 is 0 Å². The van der Waals surface area contributed by atoms with Crippen molar-refractivity contribution in [3.8, 4) is 0 Å². The maximum absolute atomic E-state index is 11.2. The van der Waals surface area contributed by atoms with Gasteiger partial charge in [-0.1, -0.05) is 33.1 Å². The molecule has 0 heterocycles. The molecule has 0 aromatic carbocycles. The van der Waals surface area contributed by atoms with Crippen molar-refractivity contribution in [2.45, 2.75) is 52.0 Å². The Hall–Kier alpha value is -0.900. The van der Waals surface area contributed by atoms with E-state index in [9.17, 15) is 9.59 Å². The number of ketones is 1. The summed E-state index contributed by atoms with van der Waals surface area (Å²) in [6, 6.07) is -1.02. The quantitative estimate of drug-likeness (QED) is 0.453. The molecular formula is C11H21NO3. The van der Waals surface area contributed by atoms with Gasteiger partial charge in [-0.3, -0.25) is 14.9 Å². The summed E-state index contributed by atoms with van der Waals surface area (Å²) in [7, 11) is 0. The third-order valence-corrected chi connectivity index (χ3v) is 2.30. The van der Waals surface area contributed by atoms with Crippen LogP contribution < -0.4 is 5.32 Å². The number of hydrogen-bond donors (Lipinski definition) is 2. The minimum atomic E-state index is -1.07. The highest BCUT2D eigenvalue weighted by atomic mass is 16.4. The highest BCUT2D eigenvalue weighted by Crippen LogP contribution is 1.98. The van der Waals surface area contributed by atoms with E-state index in [1.807, 2.05) is 0 Å². The zero-order chi connectivity index (χ0) is 11.7. The van der Waals surface area contributed by atoms with E-state index >= 15 is 0 Å². The van der Waals surface area contributed by atoms with Gasteiger partial charge in [-0.05, 0) is 13.0 Å². The molecule has 0 aromatic heterocycles. The standard InChI is InChI=1S/C11H21NO3/c1-3-5-6-7-8-12-10(11(14)15)9(13)4-2/h10,12H,3-8H2,1-2H3,(H,14,15). The van der Waals surface area contributed by atoms with Crippen LogP contribution in [0.3, 0.4) is 0 Å². The van der Waals surface area contributed by atoms with E-state index < -0.39 is 12.0 Å². The van der Waals surface area contributed by atoms with E-state index in [-0.39, 0.29) is 12.2 Å². The summed E-state index contributed by atoms with van der Waals surface area (Å²) in [6.07, 6.45) is 4.57. The predicted molar refractivity (Wildman–Crippen MR) is 58.9 cm³/mol. The van der Waals surface area contributed by atoms with Crippen LogP contribution in [0.4, 0.5) is 0 Å². The lowest BCUT2D eigenvalue weighted by molar-refractivity contribution is -0.143. The van der Waals surface area contributed by atoms with E-state index in [0.717, 1.165) is 25.7 Å². The molecule has 0 fully saturated rings. The van der Waals surface area contributed by atoms with Gasteiger partial charge in [-0.25, -0.2) is 0 Å². The lowest BCUT2D eigenvalue weighted by Crippen LogP contribution is -2.43. The molecule has 0 spiro atoms. The number of carbonyl (C=O) groups excluding carboxylic acids is 1. The molecule has 0 bridgehead atoms. The Morgan fingerprint density at radius 1 is 1.20 bits per heavy atom. The van der Waals surface area contributed by atoms with Crippen molar-refractivity contribution < 1.29 is 14.7 Å². The minimum Gasteiger partial charge on any atom is -0.480 e. The van der Waals surface area contributed by atoms with Gasteiger partial charge in [0.05, 0.1) is 0 Å². The number of carbonyl (C=O) groups is 2. The average Bonchev–Trinajstić information content (AvgIpc) is 2.22. The van der Waals surface area contributed by atoms with Gasteiger partial charge in [-0.2, -0.15) is 0 Å². The Morgan fingerprint density at radius 3 is 2.33 bits per heavy atom. The largest absolute Gasteiger partial charge is 0.480 e. The van der Waals surface area contributed by atoms with Crippen LogP contribution in [0.2, 0.25) is 0 Å². The van der Waals surface area contributed by atoms with Crippen LogP contribution in [0.1, 0.15) is 46.0 Å². The molecule has 0 saturated carbocycles. The highest BCUT2D eigenvalue weighted by molar-refractivity contribution is 6.02. The summed E-state index contributed by atoms with van der Waals surface area (Å²) in [6.45, 7) is 4.40. The summed E-state index contributed by atoms with van der Waals surface area (Å²) in [5.41, 5.74) is 0. The molecule has 0 aromatic rings. The molecule has 0 rings (SSSR count). The van der Waals surface area contributed by atoms with Gasteiger partial charge in [-0.15, -0.1) is 0 Å². The summed E-state index contributed by atoms with van der Waals surface area (Å²) < 4.78 is 0.